The summed E-state index contributed by atoms with van der Waals surface area (Å²) >= 11 is 7.91. The van der Waals surface area contributed by atoms with Crippen LogP contribution < -0.4 is 14.5 Å². The van der Waals surface area contributed by atoms with Crippen molar-refractivity contribution in [3.8, 4) is 16.3 Å². The fraction of sp³-hybridized carbons (Fsp3) is 0.265. The SMILES string of the molecule is Cc1c(-c2cc(N3C(=O)[C@@H]4C[C@@H]5C(=CC[C@@H]6C(=O)N(c7ccc(C(=O)c8ccccc8)cc7)C(=O)[C@@H]65)[C@H](c5ccccc5OCCO)[C@]4(C)C3=O)n(C)n2)sc2ccc(Cl)cc12. The number of fused-ring (bicyclic) bond motifs is 5. The van der Waals surface area contributed by atoms with Crippen molar-refractivity contribution in [1.82, 2.24) is 9.78 Å². The van der Waals surface area contributed by atoms with Gasteiger partial charge in [0.05, 0.1) is 40.3 Å². The number of benzene rings is 4. The van der Waals surface area contributed by atoms with E-state index in [-0.39, 0.29) is 43.7 Å². The molecule has 3 fully saturated rings. The monoisotopic (exact) mass is 864 g/mol. The summed E-state index contributed by atoms with van der Waals surface area (Å²) < 4.78 is 8.69. The second-order valence-corrected chi connectivity index (χ2v) is 18.2. The smallest absolute Gasteiger partial charge is 0.242 e. The van der Waals surface area contributed by atoms with Gasteiger partial charge in [-0.3, -0.25) is 33.6 Å². The molecule has 2 saturated heterocycles. The molecule has 0 radical (unpaired) electrons. The number of hydrogen-bond acceptors (Lipinski definition) is 9. The van der Waals surface area contributed by atoms with Crippen LogP contribution in [0.25, 0.3) is 20.7 Å². The van der Waals surface area contributed by atoms with E-state index in [1.54, 1.807) is 83.7 Å². The minimum Gasteiger partial charge on any atom is -0.491 e. The maximum atomic E-state index is 15.3. The Hall–Kier alpha value is -6.21. The van der Waals surface area contributed by atoms with Gasteiger partial charge in [-0.2, -0.15) is 5.10 Å². The number of ether oxygens (including phenoxy) is 1. The molecule has 0 spiro atoms. The average Bonchev–Trinajstić information content (AvgIpc) is 3.96. The van der Waals surface area contributed by atoms with Crippen LogP contribution in [0.2, 0.25) is 5.02 Å². The van der Waals surface area contributed by atoms with Crippen molar-refractivity contribution < 1.29 is 33.8 Å². The van der Waals surface area contributed by atoms with E-state index in [0.29, 0.717) is 44.7 Å². The van der Waals surface area contributed by atoms with Gasteiger partial charge in [-0.05, 0) is 92.1 Å². The molecule has 2 aromatic heterocycles. The third kappa shape index (κ3) is 5.95. The predicted octanol–water partition coefficient (Wildman–Crippen LogP) is 8.30. The lowest BCUT2D eigenvalue weighted by atomic mass is 9.51. The van der Waals surface area contributed by atoms with E-state index in [1.807, 2.05) is 62.4 Å². The molecular formula is C49H41ClN4O7S. The summed E-state index contributed by atoms with van der Waals surface area (Å²) in [6.07, 6.45) is 2.42. The number of hydrogen-bond donors (Lipinski definition) is 1. The maximum Gasteiger partial charge on any atom is 0.242 e. The van der Waals surface area contributed by atoms with Gasteiger partial charge in [-0.1, -0.05) is 71.8 Å². The molecule has 2 aliphatic carbocycles. The molecule has 0 unspecified atom stereocenters. The zero-order chi connectivity index (χ0) is 43.2. The number of carbonyl (C=O) groups is 5. The highest BCUT2D eigenvalue weighted by Crippen LogP contribution is 2.64. The number of amides is 4. The normalized spacial score (nSPS) is 24.3. The van der Waals surface area contributed by atoms with Crippen molar-refractivity contribution in [2.45, 2.75) is 32.6 Å². The van der Waals surface area contributed by atoms with Gasteiger partial charge in [0.2, 0.25) is 23.6 Å². The Bertz CT molecular complexity index is 2900. The molecule has 1 N–H and O–H groups in total. The number of halogens is 1. The summed E-state index contributed by atoms with van der Waals surface area (Å²) in [7, 11) is 1.72. The van der Waals surface area contributed by atoms with Gasteiger partial charge in [0.1, 0.15) is 23.9 Å². The molecule has 4 aromatic carbocycles. The number of aliphatic hydroxyl groups excluding tert-OH is 1. The number of anilines is 2. The number of ketones is 1. The van der Waals surface area contributed by atoms with Crippen molar-refractivity contribution in [2.24, 2.45) is 36.1 Å². The zero-order valence-corrected chi connectivity index (χ0v) is 35.7. The number of nitrogens with zero attached hydrogens (tertiary/aromatic N) is 4. The second-order valence-electron chi connectivity index (χ2n) is 16.7. The summed E-state index contributed by atoms with van der Waals surface area (Å²) in [5.41, 5.74) is 3.06. The van der Waals surface area contributed by atoms with Gasteiger partial charge < -0.3 is 9.84 Å². The Kier molecular flexibility index (Phi) is 9.66. The van der Waals surface area contributed by atoms with Gasteiger partial charge in [-0.25, -0.2) is 4.90 Å². The van der Waals surface area contributed by atoms with Crippen molar-refractivity contribution in [3.63, 3.8) is 0 Å². The standard InChI is InChI=1S/C49H41ClN4O7S/c1-26-34-23-29(50)15-20-39(34)62-44(26)37-25-40(52(3)51-37)54-46(58)36-24-35-31(42(49(36,2)48(54)60)32-11-7-8-12-38(32)61-22-21-55)18-19-33-41(35)47(59)53(45(33)57)30-16-13-28(14-17-30)43(56)27-9-5-4-6-10-27/h4-18,20,23,25,33,35-36,41-42,55H,19,21-22,24H2,1-3H3/t33-,35+,36-,41-,42+,49+/m0/s1. The van der Waals surface area contributed by atoms with E-state index in [0.717, 1.165) is 26.1 Å². The Morgan fingerprint density at radius 2 is 1.61 bits per heavy atom. The third-order valence-electron chi connectivity index (χ3n) is 13.5. The van der Waals surface area contributed by atoms with Gasteiger partial charge in [0.25, 0.3) is 0 Å². The molecule has 6 atom stereocenters. The van der Waals surface area contributed by atoms with E-state index >= 15 is 9.59 Å². The number of aliphatic hydroxyl groups is 1. The van der Waals surface area contributed by atoms with Crippen LogP contribution in [-0.2, 0) is 26.2 Å². The fourth-order valence-corrected chi connectivity index (χ4v) is 11.9. The zero-order valence-electron chi connectivity index (χ0n) is 34.1. The molecule has 10 rings (SSSR count). The first-order valence-electron chi connectivity index (χ1n) is 20.6. The first-order valence-corrected chi connectivity index (χ1v) is 21.8. The van der Waals surface area contributed by atoms with E-state index in [2.05, 4.69) is 0 Å². The molecule has 312 valence electrons. The lowest BCUT2D eigenvalue weighted by molar-refractivity contribution is -0.131. The predicted molar refractivity (Wildman–Crippen MR) is 236 cm³/mol. The minimum absolute atomic E-state index is 0.00882. The Morgan fingerprint density at radius 1 is 0.887 bits per heavy atom. The lowest BCUT2D eigenvalue weighted by Crippen LogP contribution is -2.49. The molecule has 11 nitrogen and oxygen atoms in total. The summed E-state index contributed by atoms with van der Waals surface area (Å²) in [4.78, 5) is 76.1. The van der Waals surface area contributed by atoms with Gasteiger partial charge in [0.15, 0.2) is 5.78 Å². The summed E-state index contributed by atoms with van der Waals surface area (Å²) in [5.74, 6) is -4.55. The van der Waals surface area contributed by atoms with E-state index in [1.165, 1.54) is 9.80 Å². The van der Waals surface area contributed by atoms with Crippen LogP contribution in [0.3, 0.4) is 0 Å². The van der Waals surface area contributed by atoms with Crippen molar-refractivity contribution in [1.29, 1.82) is 0 Å². The van der Waals surface area contributed by atoms with E-state index in [9.17, 15) is 19.5 Å². The highest BCUT2D eigenvalue weighted by molar-refractivity contribution is 7.22. The van der Waals surface area contributed by atoms with Crippen LogP contribution in [0.4, 0.5) is 11.5 Å². The molecule has 13 heteroatoms. The summed E-state index contributed by atoms with van der Waals surface area (Å²) in [6, 6.07) is 30.2. The molecule has 6 aromatic rings. The number of rotatable bonds is 9. The molecule has 4 heterocycles. The van der Waals surface area contributed by atoms with Crippen LogP contribution in [-0.4, -0.2) is 57.5 Å². The van der Waals surface area contributed by atoms with Crippen LogP contribution in [0.15, 0.2) is 115 Å². The van der Waals surface area contributed by atoms with Crippen LogP contribution >= 0.6 is 22.9 Å². The topological polar surface area (TPSA) is 139 Å². The molecule has 0 bridgehead atoms. The van der Waals surface area contributed by atoms with Gasteiger partial charge in [0, 0.05) is 45.4 Å². The first-order chi connectivity index (χ1) is 29.9. The summed E-state index contributed by atoms with van der Waals surface area (Å²) in [5, 5.41) is 16.2. The number of carbonyl (C=O) groups excluding carboxylic acids is 5. The maximum absolute atomic E-state index is 15.3. The molecule has 62 heavy (non-hydrogen) atoms. The number of allylic oxidation sites excluding steroid dienone is 2. The highest BCUT2D eigenvalue weighted by Gasteiger charge is 2.68. The minimum atomic E-state index is -1.33. The third-order valence-corrected chi connectivity index (χ3v) is 15.0. The Balaban J connectivity index is 1.04. The Labute approximate surface area is 366 Å². The van der Waals surface area contributed by atoms with Gasteiger partial charge >= 0.3 is 0 Å². The number of thiophene rings is 1. The number of para-hydroxylation sites is 1. The molecular weight excluding hydrogens is 824 g/mol. The van der Waals surface area contributed by atoms with Crippen molar-refractivity contribution in [2.75, 3.05) is 23.0 Å². The summed E-state index contributed by atoms with van der Waals surface area (Å²) in [6.45, 7) is 3.61. The van der Waals surface area contributed by atoms with Gasteiger partial charge in [-0.15, -0.1) is 11.3 Å². The van der Waals surface area contributed by atoms with E-state index < -0.39 is 46.8 Å². The highest BCUT2D eigenvalue weighted by atomic mass is 35.5. The molecule has 2 aliphatic heterocycles. The average molecular weight is 865 g/mol. The van der Waals surface area contributed by atoms with E-state index in [4.69, 9.17) is 21.4 Å². The van der Waals surface area contributed by atoms with Crippen molar-refractivity contribution in [3.05, 3.63) is 142 Å². The Morgan fingerprint density at radius 3 is 2.37 bits per heavy atom. The van der Waals surface area contributed by atoms with Crippen LogP contribution in [0.5, 0.6) is 5.75 Å². The van der Waals surface area contributed by atoms with Crippen LogP contribution in [0, 0.1) is 36.0 Å². The van der Waals surface area contributed by atoms with Crippen molar-refractivity contribution >= 4 is 73.9 Å². The number of aryl methyl sites for hydroxylation is 2. The quantitative estimate of drug-likeness (QED) is 0.0871. The fourth-order valence-electron chi connectivity index (χ4n) is 10.6. The number of aromatic nitrogens is 2. The molecule has 4 amide bonds. The molecule has 4 aliphatic rings. The lowest BCUT2D eigenvalue weighted by Gasteiger charge is -2.49. The van der Waals surface area contributed by atoms with Crippen LogP contribution in [0.1, 0.15) is 52.7 Å². The first kappa shape index (κ1) is 39.9. The largest absolute Gasteiger partial charge is 0.491 e. The molecule has 1 saturated carbocycles. The second kappa shape index (κ2) is 15.0. The number of imide groups is 2.